The molecule has 17 heavy (non-hydrogen) atoms. The number of likely N-dealkylation sites (tertiary alicyclic amines) is 1. The van der Waals surface area contributed by atoms with Crippen LogP contribution in [0.1, 0.15) is 39.5 Å². The van der Waals surface area contributed by atoms with Gasteiger partial charge < -0.3 is 9.84 Å². The van der Waals surface area contributed by atoms with Crippen LogP contribution in [0.3, 0.4) is 0 Å². The van der Waals surface area contributed by atoms with Crippen molar-refractivity contribution in [3.8, 4) is 0 Å². The summed E-state index contributed by atoms with van der Waals surface area (Å²) in [5.41, 5.74) is 0. The van der Waals surface area contributed by atoms with Crippen LogP contribution in [0, 0.1) is 5.92 Å². The Morgan fingerprint density at radius 3 is 3.00 bits per heavy atom. The van der Waals surface area contributed by atoms with Crippen LogP contribution < -0.4 is 0 Å². The van der Waals surface area contributed by atoms with Crippen molar-refractivity contribution >= 4 is 5.97 Å². The first kappa shape index (κ1) is 14.5. The van der Waals surface area contributed by atoms with Crippen molar-refractivity contribution in [1.29, 1.82) is 0 Å². The minimum Gasteiger partial charge on any atom is -0.481 e. The van der Waals surface area contributed by atoms with Crippen LogP contribution in [0.15, 0.2) is 0 Å². The van der Waals surface area contributed by atoms with Gasteiger partial charge in [0.05, 0.1) is 6.61 Å². The average Bonchev–Trinajstić information content (AvgIpc) is 2.33. The molecule has 1 saturated heterocycles. The van der Waals surface area contributed by atoms with E-state index < -0.39 is 5.97 Å². The molecular weight excluding hydrogens is 218 g/mol. The number of ether oxygens (including phenoxy) is 1. The standard InChI is InChI=1S/C13H25NO3/c1-3-17-10-11(2)14-8-4-5-12(9-14)6-7-13(15)16/h11-12H,3-10H2,1-2H3,(H,15,16). The van der Waals surface area contributed by atoms with Crippen molar-refractivity contribution in [2.75, 3.05) is 26.3 Å². The van der Waals surface area contributed by atoms with Crippen LogP contribution >= 0.6 is 0 Å². The summed E-state index contributed by atoms with van der Waals surface area (Å²) in [6.07, 6.45) is 3.47. The molecule has 2 unspecified atom stereocenters. The molecule has 4 heteroatoms. The lowest BCUT2D eigenvalue weighted by atomic mass is 9.92. The highest BCUT2D eigenvalue weighted by Crippen LogP contribution is 2.22. The molecular formula is C13H25NO3. The van der Waals surface area contributed by atoms with Gasteiger partial charge in [-0.2, -0.15) is 0 Å². The highest BCUT2D eigenvalue weighted by atomic mass is 16.5. The van der Waals surface area contributed by atoms with E-state index in [0.29, 0.717) is 18.4 Å². The number of nitrogens with zero attached hydrogens (tertiary/aromatic N) is 1. The fraction of sp³-hybridized carbons (Fsp3) is 0.923. The van der Waals surface area contributed by atoms with Crippen LogP contribution in [-0.2, 0) is 9.53 Å². The van der Waals surface area contributed by atoms with E-state index in [1.165, 1.54) is 12.8 Å². The Morgan fingerprint density at radius 2 is 2.35 bits per heavy atom. The minimum atomic E-state index is -0.676. The predicted molar refractivity (Wildman–Crippen MR) is 67.1 cm³/mol. The van der Waals surface area contributed by atoms with Crippen molar-refractivity contribution in [3.05, 3.63) is 0 Å². The van der Waals surface area contributed by atoms with E-state index in [1.807, 2.05) is 6.92 Å². The smallest absolute Gasteiger partial charge is 0.303 e. The van der Waals surface area contributed by atoms with Gasteiger partial charge in [0, 0.05) is 25.6 Å². The normalized spacial score (nSPS) is 23.5. The number of hydrogen-bond donors (Lipinski definition) is 1. The van der Waals surface area contributed by atoms with Gasteiger partial charge in [0.15, 0.2) is 0 Å². The van der Waals surface area contributed by atoms with Gasteiger partial charge in [-0.05, 0) is 45.6 Å². The fourth-order valence-electron chi connectivity index (χ4n) is 2.45. The van der Waals surface area contributed by atoms with Crippen molar-refractivity contribution in [1.82, 2.24) is 4.90 Å². The van der Waals surface area contributed by atoms with Crippen molar-refractivity contribution in [2.24, 2.45) is 5.92 Å². The van der Waals surface area contributed by atoms with Crippen LogP contribution in [0.5, 0.6) is 0 Å². The molecule has 1 fully saturated rings. The highest BCUT2D eigenvalue weighted by molar-refractivity contribution is 5.66. The van der Waals surface area contributed by atoms with Crippen molar-refractivity contribution in [3.63, 3.8) is 0 Å². The maximum absolute atomic E-state index is 10.6. The van der Waals surface area contributed by atoms with Gasteiger partial charge in [-0.1, -0.05) is 0 Å². The second-order valence-corrected chi connectivity index (χ2v) is 4.94. The molecule has 100 valence electrons. The first-order valence-electron chi connectivity index (χ1n) is 6.67. The van der Waals surface area contributed by atoms with E-state index in [-0.39, 0.29) is 0 Å². The lowest BCUT2D eigenvalue weighted by Gasteiger charge is -2.36. The number of hydrogen-bond acceptors (Lipinski definition) is 3. The molecule has 0 saturated carbocycles. The zero-order valence-electron chi connectivity index (χ0n) is 11.0. The number of carboxylic acid groups (broad SMARTS) is 1. The summed E-state index contributed by atoms with van der Waals surface area (Å²) < 4.78 is 5.45. The SMILES string of the molecule is CCOCC(C)N1CCCC(CCC(=O)O)C1. The van der Waals surface area contributed by atoms with Crippen LogP contribution in [0.25, 0.3) is 0 Å². The number of carbonyl (C=O) groups is 1. The summed E-state index contributed by atoms with van der Waals surface area (Å²) in [5.74, 6) is -0.131. The summed E-state index contributed by atoms with van der Waals surface area (Å²) in [6.45, 7) is 7.90. The minimum absolute atomic E-state index is 0.304. The summed E-state index contributed by atoms with van der Waals surface area (Å²) in [4.78, 5) is 13.0. The molecule has 0 radical (unpaired) electrons. The Hall–Kier alpha value is -0.610. The molecule has 0 aromatic heterocycles. The molecule has 1 N–H and O–H groups in total. The van der Waals surface area contributed by atoms with Crippen molar-refractivity contribution in [2.45, 2.75) is 45.6 Å². The molecule has 2 atom stereocenters. The molecule has 0 aromatic rings. The van der Waals surface area contributed by atoms with Crippen molar-refractivity contribution < 1.29 is 14.6 Å². The highest BCUT2D eigenvalue weighted by Gasteiger charge is 2.23. The number of carboxylic acids is 1. The molecule has 0 spiro atoms. The average molecular weight is 243 g/mol. The summed E-state index contributed by atoms with van der Waals surface area (Å²) in [6, 6.07) is 0.447. The summed E-state index contributed by atoms with van der Waals surface area (Å²) >= 11 is 0. The second-order valence-electron chi connectivity index (χ2n) is 4.94. The largest absolute Gasteiger partial charge is 0.481 e. The summed E-state index contributed by atoms with van der Waals surface area (Å²) in [7, 11) is 0. The Balaban J connectivity index is 2.29. The Morgan fingerprint density at radius 1 is 1.59 bits per heavy atom. The molecule has 0 aliphatic carbocycles. The van der Waals surface area contributed by atoms with Crippen LogP contribution in [0.4, 0.5) is 0 Å². The second kappa shape index (κ2) is 7.67. The maximum atomic E-state index is 10.6. The number of rotatable bonds is 7. The van der Waals surface area contributed by atoms with Gasteiger partial charge in [0.2, 0.25) is 0 Å². The van der Waals surface area contributed by atoms with Crippen LogP contribution in [-0.4, -0.2) is 48.3 Å². The zero-order chi connectivity index (χ0) is 12.7. The molecule has 4 nitrogen and oxygen atoms in total. The third-order valence-corrected chi connectivity index (χ3v) is 3.50. The van der Waals surface area contributed by atoms with E-state index >= 15 is 0 Å². The first-order chi connectivity index (χ1) is 8.13. The Bertz CT molecular complexity index is 233. The summed E-state index contributed by atoms with van der Waals surface area (Å²) in [5, 5.41) is 8.70. The topological polar surface area (TPSA) is 49.8 Å². The quantitative estimate of drug-likeness (QED) is 0.743. The molecule has 1 aliphatic rings. The third-order valence-electron chi connectivity index (χ3n) is 3.50. The lowest BCUT2D eigenvalue weighted by molar-refractivity contribution is -0.137. The van der Waals surface area contributed by atoms with Gasteiger partial charge in [-0.15, -0.1) is 0 Å². The molecule has 0 bridgehead atoms. The predicted octanol–water partition coefficient (Wildman–Crippen LogP) is 1.99. The third kappa shape index (κ3) is 5.50. The number of piperidine rings is 1. The molecule has 1 rings (SSSR count). The first-order valence-corrected chi connectivity index (χ1v) is 6.67. The van der Waals surface area contributed by atoms with E-state index in [1.54, 1.807) is 0 Å². The van der Waals surface area contributed by atoms with Gasteiger partial charge in [-0.25, -0.2) is 0 Å². The van der Waals surface area contributed by atoms with E-state index in [2.05, 4.69) is 11.8 Å². The molecule has 1 aliphatic heterocycles. The molecule has 1 heterocycles. The Labute approximate surface area is 104 Å². The zero-order valence-corrected chi connectivity index (χ0v) is 11.0. The monoisotopic (exact) mass is 243 g/mol. The van der Waals surface area contributed by atoms with E-state index in [4.69, 9.17) is 9.84 Å². The fourth-order valence-corrected chi connectivity index (χ4v) is 2.45. The van der Waals surface area contributed by atoms with Crippen LogP contribution in [0.2, 0.25) is 0 Å². The van der Waals surface area contributed by atoms with E-state index in [0.717, 1.165) is 32.7 Å². The van der Waals surface area contributed by atoms with Gasteiger partial charge in [0.25, 0.3) is 0 Å². The van der Waals surface area contributed by atoms with Gasteiger partial charge >= 0.3 is 5.97 Å². The Kier molecular flexibility index (Phi) is 6.52. The van der Waals surface area contributed by atoms with Gasteiger partial charge in [-0.3, -0.25) is 9.69 Å². The van der Waals surface area contributed by atoms with Gasteiger partial charge in [0.1, 0.15) is 0 Å². The molecule has 0 aromatic carbocycles. The maximum Gasteiger partial charge on any atom is 0.303 e. The number of aliphatic carboxylic acids is 1. The molecule has 0 amide bonds. The lowest BCUT2D eigenvalue weighted by Crippen LogP contribution is -2.43. The van der Waals surface area contributed by atoms with E-state index in [9.17, 15) is 4.79 Å².